The molecule has 0 bridgehead atoms. The van der Waals surface area contributed by atoms with Gasteiger partial charge in [-0.2, -0.15) is 12.6 Å². The molecule has 0 saturated carbocycles. The fourth-order valence-corrected chi connectivity index (χ4v) is 4.61. The third-order valence-electron chi connectivity index (χ3n) is 6.47. The van der Waals surface area contributed by atoms with E-state index in [1.807, 2.05) is 77.9 Å². The van der Waals surface area contributed by atoms with E-state index in [0.717, 1.165) is 33.5 Å². The molecule has 0 aliphatic heterocycles. The Morgan fingerprint density at radius 3 is 2.11 bits per heavy atom. The second kappa shape index (κ2) is 13.2. The van der Waals surface area contributed by atoms with Crippen molar-refractivity contribution in [3.05, 3.63) is 64.2 Å². The molecule has 7 nitrogen and oxygen atoms in total. The minimum atomic E-state index is -0.983. The molecule has 0 spiro atoms. The molecule has 0 aromatic heterocycles. The number of thiol groups is 1. The number of nitrogens with one attached hydrogen (secondary N) is 2. The number of carbonyl (C=O) groups excluding carboxylic acids is 3. The van der Waals surface area contributed by atoms with Crippen molar-refractivity contribution in [3.63, 3.8) is 0 Å². The van der Waals surface area contributed by atoms with Crippen molar-refractivity contribution in [2.45, 2.75) is 92.5 Å². The average Bonchev–Trinajstić information content (AvgIpc) is 2.82. The van der Waals surface area contributed by atoms with Crippen LogP contribution in [0.25, 0.3) is 0 Å². The topological polar surface area (TPSA) is 87.7 Å². The summed E-state index contributed by atoms with van der Waals surface area (Å²) in [7, 11) is 0. The molecule has 2 aromatic rings. The van der Waals surface area contributed by atoms with E-state index in [1.165, 1.54) is 0 Å². The maximum atomic E-state index is 14.1. The van der Waals surface area contributed by atoms with Crippen molar-refractivity contribution in [2.75, 3.05) is 11.1 Å². The predicted molar refractivity (Wildman–Crippen MR) is 157 cm³/mol. The summed E-state index contributed by atoms with van der Waals surface area (Å²) >= 11 is 4.36. The van der Waals surface area contributed by atoms with Crippen LogP contribution in [-0.4, -0.2) is 46.2 Å². The number of hydrogen-bond donors (Lipinski definition) is 3. The molecule has 0 aliphatic rings. The summed E-state index contributed by atoms with van der Waals surface area (Å²) < 4.78 is 5.38. The molecular formula is C30H43N3O4S. The zero-order valence-corrected chi connectivity index (χ0v) is 25.0. The monoisotopic (exact) mass is 541 g/mol. The van der Waals surface area contributed by atoms with Crippen LogP contribution in [0.1, 0.15) is 74.9 Å². The molecule has 208 valence electrons. The Morgan fingerprint density at radius 2 is 1.61 bits per heavy atom. The van der Waals surface area contributed by atoms with E-state index < -0.39 is 29.7 Å². The van der Waals surface area contributed by atoms with Crippen molar-refractivity contribution in [2.24, 2.45) is 0 Å². The molecule has 8 heteroatoms. The number of nitrogens with zero attached hydrogens (tertiary/aromatic N) is 1. The zero-order valence-electron chi connectivity index (χ0n) is 24.1. The van der Waals surface area contributed by atoms with Gasteiger partial charge in [-0.3, -0.25) is 9.59 Å². The molecule has 0 saturated heterocycles. The Morgan fingerprint density at radius 1 is 1.00 bits per heavy atom. The number of anilines is 1. The van der Waals surface area contributed by atoms with Gasteiger partial charge >= 0.3 is 6.09 Å². The summed E-state index contributed by atoms with van der Waals surface area (Å²) in [5.41, 5.74) is 4.54. The van der Waals surface area contributed by atoms with Crippen molar-refractivity contribution in [1.29, 1.82) is 0 Å². The normalized spacial score (nSPS) is 13.7. The minimum absolute atomic E-state index is 0.0448. The van der Waals surface area contributed by atoms with Gasteiger partial charge in [0.1, 0.15) is 17.7 Å². The fraction of sp³-hybridized carbons (Fsp3) is 0.500. The maximum Gasteiger partial charge on any atom is 0.408 e. The SMILES string of the molecule is CCC(C)N(C(=O)C(CS)NC(=O)OC(C)(C)C)C(C(=O)Nc1c(C)cccc1C)c1ccc(C)cc1C. The highest BCUT2D eigenvalue weighted by Gasteiger charge is 2.39. The van der Waals surface area contributed by atoms with Crippen molar-refractivity contribution in [1.82, 2.24) is 10.2 Å². The molecule has 0 fully saturated rings. The van der Waals surface area contributed by atoms with Crippen molar-refractivity contribution < 1.29 is 19.1 Å². The summed E-state index contributed by atoms with van der Waals surface area (Å²) in [6, 6.07) is 9.44. The zero-order chi connectivity index (χ0) is 28.8. The van der Waals surface area contributed by atoms with Gasteiger partial charge in [0.05, 0.1) is 0 Å². The third kappa shape index (κ3) is 8.00. The number of aryl methyl sites for hydroxylation is 4. The van der Waals surface area contributed by atoms with Crippen LogP contribution in [0.4, 0.5) is 10.5 Å². The van der Waals surface area contributed by atoms with Gasteiger partial charge in [-0.05, 0) is 84.1 Å². The smallest absolute Gasteiger partial charge is 0.408 e. The number of para-hydroxylation sites is 1. The lowest BCUT2D eigenvalue weighted by atomic mass is 9.94. The van der Waals surface area contributed by atoms with Crippen LogP contribution in [-0.2, 0) is 14.3 Å². The van der Waals surface area contributed by atoms with Crippen LogP contribution in [0.3, 0.4) is 0 Å². The van der Waals surface area contributed by atoms with E-state index in [1.54, 1.807) is 25.7 Å². The summed E-state index contributed by atoms with van der Waals surface area (Å²) in [6.45, 7) is 16.9. The Kier molecular flexibility index (Phi) is 10.8. The van der Waals surface area contributed by atoms with Gasteiger partial charge in [0.15, 0.2) is 0 Å². The molecule has 2 N–H and O–H groups in total. The number of hydrogen-bond acceptors (Lipinski definition) is 5. The fourth-order valence-electron chi connectivity index (χ4n) is 4.36. The second-order valence-corrected chi connectivity index (χ2v) is 11.3. The number of ether oxygens (including phenoxy) is 1. The maximum absolute atomic E-state index is 14.1. The lowest BCUT2D eigenvalue weighted by Crippen LogP contribution is -2.55. The summed E-state index contributed by atoms with van der Waals surface area (Å²) in [5, 5.41) is 5.76. The summed E-state index contributed by atoms with van der Waals surface area (Å²) in [5.74, 6) is -0.677. The molecule has 0 aliphatic carbocycles. The van der Waals surface area contributed by atoms with Crippen LogP contribution in [0, 0.1) is 27.7 Å². The van der Waals surface area contributed by atoms with Crippen LogP contribution in [0.15, 0.2) is 36.4 Å². The first-order valence-electron chi connectivity index (χ1n) is 13.1. The van der Waals surface area contributed by atoms with Gasteiger partial charge in [0.25, 0.3) is 5.91 Å². The minimum Gasteiger partial charge on any atom is -0.444 e. The molecule has 2 aromatic carbocycles. The quantitative estimate of drug-likeness (QED) is 0.337. The van der Waals surface area contributed by atoms with E-state index in [9.17, 15) is 14.4 Å². The second-order valence-electron chi connectivity index (χ2n) is 10.9. The molecule has 0 radical (unpaired) electrons. The standard InChI is InChI=1S/C30H43N3O4S/c1-10-22(6)33(28(35)24(17-38)31-29(36)37-30(7,8)9)26(23-15-14-18(2)16-21(23)5)27(34)32-25-19(3)12-11-13-20(25)4/h11-16,22,24,26,38H,10,17H2,1-9H3,(H,31,36)(H,32,34). The van der Waals surface area contributed by atoms with E-state index in [0.29, 0.717) is 6.42 Å². The van der Waals surface area contributed by atoms with Crippen molar-refractivity contribution >= 4 is 36.2 Å². The van der Waals surface area contributed by atoms with E-state index in [4.69, 9.17) is 4.74 Å². The lowest BCUT2D eigenvalue weighted by Gasteiger charge is -2.38. The van der Waals surface area contributed by atoms with E-state index in [2.05, 4.69) is 23.3 Å². The van der Waals surface area contributed by atoms with Gasteiger partial charge < -0.3 is 20.3 Å². The Balaban J connectivity index is 2.60. The highest BCUT2D eigenvalue weighted by Crippen LogP contribution is 2.31. The number of carbonyl (C=O) groups is 3. The first-order valence-corrected chi connectivity index (χ1v) is 13.7. The van der Waals surface area contributed by atoms with Gasteiger partial charge in [0, 0.05) is 17.5 Å². The molecule has 3 atom stereocenters. The lowest BCUT2D eigenvalue weighted by molar-refractivity contribution is -0.143. The number of alkyl carbamates (subject to hydrolysis) is 1. The number of rotatable bonds is 9. The summed E-state index contributed by atoms with van der Waals surface area (Å²) in [4.78, 5) is 42.3. The van der Waals surface area contributed by atoms with Crippen LogP contribution >= 0.6 is 12.6 Å². The largest absolute Gasteiger partial charge is 0.444 e. The van der Waals surface area contributed by atoms with Crippen LogP contribution < -0.4 is 10.6 Å². The predicted octanol–water partition coefficient (Wildman–Crippen LogP) is 6.05. The molecule has 3 amide bonds. The third-order valence-corrected chi connectivity index (χ3v) is 6.83. The van der Waals surface area contributed by atoms with Gasteiger partial charge in [-0.1, -0.05) is 48.9 Å². The Labute approximate surface area is 233 Å². The molecule has 2 rings (SSSR count). The van der Waals surface area contributed by atoms with Crippen molar-refractivity contribution in [3.8, 4) is 0 Å². The number of benzene rings is 2. The first-order chi connectivity index (χ1) is 17.7. The van der Waals surface area contributed by atoms with Crippen LogP contribution in [0.2, 0.25) is 0 Å². The van der Waals surface area contributed by atoms with Crippen LogP contribution in [0.5, 0.6) is 0 Å². The first kappa shape index (κ1) is 31.2. The Bertz CT molecular complexity index is 1140. The Hall–Kier alpha value is -3.00. The number of amides is 3. The summed E-state index contributed by atoms with van der Waals surface area (Å²) in [6.07, 6.45) is -0.104. The average molecular weight is 542 g/mol. The molecular weight excluding hydrogens is 498 g/mol. The molecule has 3 unspecified atom stereocenters. The van der Waals surface area contributed by atoms with E-state index >= 15 is 0 Å². The van der Waals surface area contributed by atoms with Gasteiger partial charge in [-0.15, -0.1) is 0 Å². The molecule has 0 heterocycles. The highest BCUT2D eigenvalue weighted by atomic mass is 32.1. The van der Waals surface area contributed by atoms with Gasteiger partial charge in [-0.25, -0.2) is 4.79 Å². The van der Waals surface area contributed by atoms with Gasteiger partial charge in [0.2, 0.25) is 5.91 Å². The van der Waals surface area contributed by atoms with E-state index in [-0.39, 0.29) is 17.7 Å². The molecule has 38 heavy (non-hydrogen) atoms. The highest BCUT2D eigenvalue weighted by molar-refractivity contribution is 7.80.